The minimum absolute atomic E-state index is 0.0675. The molecule has 12 heteroatoms. The standard InChI is InChI=1S/C31H42F2N6O4/c32-29(33)30-35-24-5-1-2-6-25(24)39(30)27-21-26(36-31(37-27)38-14-17-40-18-15-38)34-13-12-22-8-10-23(11-9-22)41-19-20-43-28-7-3-4-16-42-28/h1-2,5-6,21-23,28-29H,3-4,7-20H2,(H,34,36,37). The lowest BCUT2D eigenvalue weighted by Gasteiger charge is -2.29. The normalized spacial score (nSPS) is 23.2. The maximum absolute atomic E-state index is 14.1. The first kappa shape index (κ1) is 30.1. The number of fused-ring (bicyclic) bond motifs is 1. The van der Waals surface area contributed by atoms with E-state index < -0.39 is 6.43 Å². The van der Waals surface area contributed by atoms with Gasteiger partial charge in [0.2, 0.25) is 5.95 Å². The Hall–Kier alpha value is -2.93. The number of hydrogen-bond acceptors (Lipinski definition) is 9. The Balaban J connectivity index is 1.06. The summed E-state index contributed by atoms with van der Waals surface area (Å²) in [6, 6.07) is 8.88. The highest BCUT2D eigenvalue weighted by atomic mass is 19.3. The zero-order valence-corrected chi connectivity index (χ0v) is 24.6. The van der Waals surface area contributed by atoms with Gasteiger partial charge in [0.05, 0.1) is 43.6 Å². The SMILES string of the molecule is FC(F)c1nc2ccccc2n1-c1cc(NCCC2CCC(OCCOC3CCCCO3)CC2)nc(N2CCOCC2)n1. The zero-order chi connectivity index (χ0) is 29.4. The van der Waals surface area contributed by atoms with Gasteiger partial charge in [-0.2, -0.15) is 9.97 Å². The van der Waals surface area contributed by atoms with Gasteiger partial charge < -0.3 is 29.2 Å². The summed E-state index contributed by atoms with van der Waals surface area (Å²) in [5, 5.41) is 3.46. The first-order valence-electron chi connectivity index (χ1n) is 15.7. The summed E-state index contributed by atoms with van der Waals surface area (Å²) < 4.78 is 52.7. The Morgan fingerprint density at radius 3 is 2.53 bits per heavy atom. The number of morpholine rings is 1. The first-order valence-corrected chi connectivity index (χ1v) is 15.7. The molecule has 3 aromatic rings. The molecule has 0 spiro atoms. The van der Waals surface area contributed by atoms with Crippen molar-refractivity contribution < 1.29 is 27.7 Å². The Morgan fingerprint density at radius 2 is 1.74 bits per heavy atom. The average Bonchev–Trinajstić information content (AvgIpc) is 3.45. The predicted octanol–water partition coefficient (Wildman–Crippen LogP) is 5.51. The van der Waals surface area contributed by atoms with E-state index in [1.54, 1.807) is 24.3 Å². The molecule has 3 fully saturated rings. The number of anilines is 2. The van der Waals surface area contributed by atoms with Crippen molar-refractivity contribution in [2.24, 2.45) is 5.92 Å². The van der Waals surface area contributed by atoms with Crippen LogP contribution in [0, 0.1) is 5.92 Å². The number of nitrogens with zero attached hydrogens (tertiary/aromatic N) is 5. The predicted molar refractivity (Wildman–Crippen MR) is 159 cm³/mol. The number of ether oxygens (including phenoxy) is 4. The van der Waals surface area contributed by atoms with Crippen LogP contribution in [-0.2, 0) is 18.9 Å². The molecule has 43 heavy (non-hydrogen) atoms. The molecular weight excluding hydrogens is 558 g/mol. The second-order valence-electron chi connectivity index (χ2n) is 11.5. The van der Waals surface area contributed by atoms with Crippen molar-refractivity contribution >= 4 is 22.8 Å². The monoisotopic (exact) mass is 600 g/mol. The van der Waals surface area contributed by atoms with Gasteiger partial charge >= 0.3 is 0 Å². The van der Waals surface area contributed by atoms with E-state index in [0.717, 1.165) is 58.1 Å². The van der Waals surface area contributed by atoms with Gasteiger partial charge in [0, 0.05) is 32.3 Å². The number of hydrogen-bond donors (Lipinski definition) is 1. The summed E-state index contributed by atoms with van der Waals surface area (Å²) in [6.07, 6.45) is 6.06. The van der Waals surface area contributed by atoms with Gasteiger partial charge in [-0.3, -0.25) is 4.57 Å². The molecule has 2 aromatic heterocycles. The molecule has 0 amide bonds. The van der Waals surface area contributed by atoms with Crippen LogP contribution in [0.1, 0.15) is 63.6 Å². The molecule has 6 rings (SSSR count). The maximum atomic E-state index is 14.1. The number of aromatic nitrogens is 4. The van der Waals surface area contributed by atoms with Crippen LogP contribution in [0.4, 0.5) is 20.5 Å². The third kappa shape index (κ3) is 7.78. The molecule has 1 N–H and O–H groups in total. The van der Waals surface area contributed by atoms with E-state index >= 15 is 0 Å². The highest BCUT2D eigenvalue weighted by Crippen LogP contribution is 2.31. The van der Waals surface area contributed by atoms with Gasteiger partial charge in [-0.05, 0) is 69.4 Å². The lowest BCUT2D eigenvalue weighted by Crippen LogP contribution is -2.37. The molecule has 2 aliphatic heterocycles. The molecular formula is C31H42F2N6O4. The van der Waals surface area contributed by atoms with Crippen molar-refractivity contribution in [3.8, 4) is 5.82 Å². The fraction of sp³-hybridized carbons (Fsp3) is 0.645. The van der Waals surface area contributed by atoms with Crippen LogP contribution in [0.15, 0.2) is 30.3 Å². The number of imidazole rings is 1. The van der Waals surface area contributed by atoms with Crippen LogP contribution < -0.4 is 10.2 Å². The molecule has 1 aliphatic carbocycles. The van der Waals surface area contributed by atoms with Crippen molar-refractivity contribution in [3.05, 3.63) is 36.2 Å². The van der Waals surface area contributed by atoms with E-state index in [2.05, 4.69) is 10.3 Å². The lowest BCUT2D eigenvalue weighted by atomic mass is 9.85. The number of para-hydroxylation sites is 2. The molecule has 1 aromatic carbocycles. The minimum atomic E-state index is -2.75. The van der Waals surface area contributed by atoms with E-state index in [1.165, 1.54) is 11.0 Å². The topological polar surface area (TPSA) is 95.8 Å². The van der Waals surface area contributed by atoms with E-state index in [4.69, 9.17) is 28.9 Å². The molecule has 10 nitrogen and oxygen atoms in total. The Bertz CT molecular complexity index is 1310. The number of benzene rings is 1. The fourth-order valence-corrected chi connectivity index (χ4v) is 6.19. The molecule has 234 valence electrons. The average molecular weight is 601 g/mol. The van der Waals surface area contributed by atoms with Crippen molar-refractivity contribution in [2.45, 2.75) is 70.2 Å². The first-order chi connectivity index (χ1) is 21.1. The lowest BCUT2D eigenvalue weighted by molar-refractivity contribution is -0.172. The zero-order valence-electron chi connectivity index (χ0n) is 24.6. The van der Waals surface area contributed by atoms with Crippen LogP contribution in [0.25, 0.3) is 16.9 Å². The molecule has 4 heterocycles. The Kier molecular flexibility index (Phi) is 10.3. The molecule has 3 aliphatic rings. The van der Waals surface area contributed by atoms with Crippen LogP contribution in [0.3, 0.4) is 0 Å². The number of nitrogens with one attached hydrogen (secondary N) is 1. The maximum Gasteiger partial charge on any atom is 0.296 e. The van der Waals surface area contributed by atoms with Crippen LogP contribution in [-0.4, -0.2) is 84.6 Å². The van der Waals surface area contributed by atoms with Crippen LogP contribution in [0.2, 0.25) is 0 Å². The van der Waals surface area contributed by atoms with E-state index in [0.29, 0.717) is 74.1 Å². The van der Waals surface area contributed by atoms with Crippen molar-refractivity contribution in [2.75, 3.05) is 62.9 Å². The molecule has 1 unspecified atom stereocenters. The quantitative estimate of drug-likeness (QED) is 0.270. The third-order valence-electron chi connectivity index (χ3n) is 8.54. The fourth-order valence-electron chi connectivity index (χ4n) is 6.19. The molecule has 2 saturated heterocycles. The highest BCUT2D eigenvalue weighted by molar-refractivity contribution is 5.78. The summed E-state index contributed by atoms with van der Waals surface area (Å²) in [4.78, 5) is 15.8. The Morgan fingerprint density at radius 1 is 0.930 bits per heavy atom. The van der Waals surface area contributed by atoms with Gasteiger partial charge in [-0.1, -0.05) is 12.1 Å². The smallest absolute Gasteiger partial charge is 0.296 e. The Labute approximate surface area is 251 Å². The molecule has 1 saturated carbocycles. The summed E-state index contributed by atoms with van der Waals surface area (Å²) in [6.45, 7) is 5.13. The van der Waals surface area contributed by atoms with Crippen LogP contribution in [0.5, 0.6) is 0 Å². The summed E-state index contributed by atoms with van der Waals surface area (Å²) in [7, 11) is 0. The minimum Gasteiger partial charge on any atom is -0.378 e. The van der Waals surface area contributed by atoms with E-state index in [-0.39, 0.29) is 18.2 Å². The van der Waals surface area contributed by atoms with Gasteiger partial charge in [0.15, 0.2) is 12.1 Å². The number of halogens is 2. The molecule has 0 radical (unpaired) electrons. The molecule has 0 bridgehead atoms. The van der Waals surface area contributed by atoms with Crippen molar-refractivity contribution in [1.29, 1.82) is 0 Å². The molecule has 1 atom stereocenters. The van der Waals surface area contributed by atoms with Gasteiger partial charge in [-0.15, -0.1) is 0 Å². The summed E-state index contributed by atoms with van der Waals surface area (Å²) >= 11 is 0. The summed E-state index contributed by atoms with van der Waals surface area (Å²) in [5.41, 5.74) is 1.09. The highest BCUT2D eigenvalue weighted by Gasteiger charge is 2.25. The third-order valence-corrected chi connectivity index (χ3v) is 8.54. The largest absolute Gasteiger partial charge is 0.378 e. The van der Waals surface area contributed by atoms with Crippen molar-refractivity contribution in [3.63, 3.8) is 0 Å². The second kappa shape index (κ2) is 14.7. The van der Waals surface area contributed by atoms with Gasteiger partial charge in [0.1, 0.15) is 11.6 Å². The van der Waals surface area contributed by atoms with Crippen LogP contribution >= 0.6 is 0 Å². The van der Waals surface area contributed by atoms with Crippen molar-refractivity contribution in [1.82, 2.24) is 19.5 Å². The number of rotatable bonds is 12. The van der Waals surface area contributed by atoms with Gasteiger partial charge in [0.25, 0.3) is 6.43 Å². The van der Waals surface area contributed by atoms with Gasteiger partial charge in [-0.25, -0.2) is 13.8 Å². The summed E-state index contributed by atoms with van der Waals surface area (Å²) in [5.74, 6) is 1.76. The van der Waals surface area contributed by atoms with E-state index in [9.17, 15) is 8.78 Å². The second-order valence-corrected chi connectivity index (χ2v) is 11.5. The number of alkyl halides is 2. The van der Waals surface area contributed by atoms with E-state index in [1.807, 2.05) is 11.0 Å².